The summed E-state index contributed by atoms with van der Waals surface area (Å²) < 4.78 is 10.6. The SMILES string of the molecule is COc1ccc([N+](=O)[O-])cc1NC(=O)C1CCCN(Cc2nc(-c3ccccc3Cl)no2)C1. The van der Waals surface area contributed by atoms with E-state index in [2.05, 4.69) is 20.4 Å². The number of nitrogens with zero attached hydrogens (tertiary/aromatic N) is 4. The average molecular weight is 472 g/mol. The lowest BCUT2D eigenvalue weighted by atomic mass is 9.97. The molecule has 2 aromatic carbocycles. The largest absolute Gasteiger partial charge is 0.495 e. The summed E-state index contributed by atoms with van der Waals surface area (Å²) in [7, 11) is 1.44. The van der Waals surface area contributed by atoms with E-state index in [9.17, 15) is 14.9 Å². The van der Waals surface area contributed by atoms with E-state index in [0.717, 1.165) is 13.0 Å². The average Bonchev–Trinajstić information content (AvgIpc) is 3.27. The number of hydrogen-bond acceptors (Lipinski definition) is 8. The lowest BCUT2D eigenvalue weighted by molar-refractivity contribution is -0.384. The predicted molar refractivity (Wildman–Crippen MR) is 121 cm³/mol. The third-order valence-corrected chi connectivity index (χ3v) is 5.80. The molecule has 1 amide bonds. The Labute approximate surface area is 194 Å². The summed E-state index contributed by atoms with van der Waals surface area (Å²) in [6.07, 6.45) is 1.52. The number of piperidine rings is 1. The zero-order valence-corrected chi connectivity index (χ0v) is 18.6. The molecule has 1 saturated heterocycles. The highest BCUT2D eigenvalue weighted by Gasteiger charge is 2.28. The molecule has 3 aromatic rings. The van der Waals surface area contributed by atoms with E-state index < -0.39 is 4.92 Å². The minimum Gasteiger partial charge on any atom is -0.495 e. The van der Waals surface area contributed by atoms with E-state index in [1.165, 1.54) is 25.3 Å². The number of anilines is 1. The van der Waals surface area contributed by atoms with Crippen LogP contribution in [0.15, 0.2) is 47.0 Å². The number of methoxy groups -OCH3 is 1. The molecule has 0 spiro atoms. The van der Waals surface area contributed by atoms with Crippen molar-refractivity contribution in [3.8, 4) is 17.1 Å². The van der Waals surface area contributed by atoms with Gasteiger partial charge in [0.1, 0.15) is 5.75 Å². The number of nitro groups is 1. The molecule has 0 saturated carbocycles. The maximum atomic E-state index is 12.9. The zero-order chi connectivity index (χ0) is 23.4. The van der Waals surface area contributed by atoms with E-state index in [-0.39, 0.29) is 23.2 Å². The second kappa shape index (κ2) is 9.97. The van der Waals surface area contributed by atoms with Gasteiger partial charge in [0.15, 0.2) is 0 Å². The van der Waals surface area contributed by atoms with E-state index in [4.69, 9.17) is 20.9 Å². The van der Waals surface area contributed by atoms with Crippen molar-refractivity contribution in [3.05, 3.63) is 63.5 Å². The normalized spacial score (nSPS) is 16.4. The monoisotopic (exact) mass is 471 g/mol. The molecular weight excluding hydrogens is 450 g/mol. The topological polar surface area (TPSA) is 124 Å². The number of aromatic nitrogens is 2. The fourth-order valence-corrected chi connectivity index (χ4v) is 4.04. The molecule has 1 aliphatic rings. The van der Waals surface area contributed by atoms with Crippen LogP contribution in [0.1, 0.15) is 18.7 Å². The number of non-ortho nitro benzene ring substituents is 1. The van der Waals surface area contributed by atoms with Crippen molar-refractivity contribution in [3.63, 3.8) is 0 Å². The van der Waals surface area contributed by atoms with Gasteiger partial charge in [-0.15, -0.1) is 0 Å². The molecule has 1 N–H and O–H groups in total. The molecule has 10 nitrogen and oxygen atoms in total. The quantitative estimate of drug-likeness (QED) is 0.402. The number of amides is 1. The summed E-state index contributed by atoms with van der Waals surface area (Å²) in [4.78, 5) is 30.0. The van der Waals surface area contributed by atoms with Crippen molar-refractivity contribution in [2.45, 2.75) is 19.4 Å². The maximum absolute atomic E-state index is 12.9. The standard InChI is InChI=1S/C22H22ClN5O5/c1-32-19-9-8-15(28(30)31)11-18(19)24-22(29)14-5-4-10-27(12-14)13-20-25-21(26-33-20)16-6-2-3-7-17(16)23/h2-3,6-9,11,14H,4-5,10,12-13H2,1H3,(H,24,29). The van der Waals surface area contributed by atoms with Crippen LogP contribution in [-0.4, -0.2) is 46.1 Å². The van der Waals surface area contributed by atoms with Crippen LogP contribution in [0.2, 0.25) is 5.02 Å². The summed E-state index contributed by atoms with van der Waals surface area (Å²) in [6.45, 7) is 1.68. The van der Waals surface area contributed by atoms with Gasteiger partial charge in [-0.25, -0.2) is 0 Å². The Hall–Kier alpha value is -3.50. The minimum absolute atomic E-state index is 0.123. The third kappa shape index (κ3) is 5.29. The second-order valence-electron chi connectivity index (χ2n) is 7.70. The Bertz CT molecular complexity index is 1170. The second-order valence-corrected chi connectivity index (χ2v) is 8.10. The van der Waals surface area contributed by atoms with Gasteiger partial charge in [0, 0.05) is 24.2 Å². The van der Waals surface area contributed by atoms with Crippen molar-refractivity contribution in [1.82, 2.24) is 15.0 Å². The van der Waals surface area contributed by atoms with Crippen LogP contribution in [0.5, 0.6) is 5.75 Å². The van der Waals surface area contributed by atoms with Crippen molar-refractivity contribution in [2.24, 2.45) is 5.92 Å². The molecule has 2 heterocycles. The van der Waals surface area contributed by atoms with Gasteiger partial charge in [-0.3, -0.25) is 19.8 Å². The fourth-order valence-electron chi connectivity index (χ4n) is 3.82. The zero-order valence-electron chi connectivity index (χ0n) is 17.9. The van der Waals surface area contributed by atoms with Crippen LogP contribution in [-0.2, 0) is 11.3 Å². The Morgan fingerprint density at radius 3 is 2.94 bits per heavy atom. The van der Waals surface area contributed by atoms with Crippen LogP contribution in [0.4, 0.5) is 11.4 Å². The number of rotatable bonds is 7. The molecule has 1 unspecified atom stereocenters. The third-order valence-electron chi connectivity index (χ3n) is 5.47. The van der Waals surface area contributed by atoms with Crippen LogP contribution >= 0.6 is 11.6 Å². The molecule has 1 fully saturated rings. The van der Waals surface area contributed by atoms with Crippen LogP contribution in [0.3, 0.4) is 0 Å². The number of benzene rings is 2. The molecule has 0 radical (unpaired) electrons. The van der Waals surface area contributed by atoms with Gasteiger partial charge in [-0.05, 0) is 37.6 Å². The molecule has 1 atom stereocenters. The van der Waals surface area contributed by atoms with Crippen LogP contribution in [0.25, 0.3) is 11.4 Å². The molecular formula is C22H22ClN5O5. The van der Waals surface area contributed by atoms with Crippen molar-refractivity contribution in [2.75, 3.05) is 25.5 Å². The van der Waals surface area contributed by atoms with Gasteiger partial charge in [0.2, 0.25) is 17.6 Å². The van der Waals surface area contributed by atoms with Gasteiger partial charge >= 0.3 is 0 Å². The number of carbonyl (C=O) groups is 1. The Balaban J connectivity index is 1.41. The van der Waals surface area contributed by atoms with Gasteiger partial charge < -0.3 is 14.6 Å². The molecule has 11 heteroatoms. The number of hydrogen-bond donors (Lipinski definition) is 1. The Morgan fingerprint density at radius 2 is 2.18 bits per heavy atom. The summed E-state index contributed by atoms with van der Waals surface area (Å²) in [5.41, 5.74) is 0.841. The number of ether oxygens (including phenoxy) is 1. The van der Waals surface area contributed by atoms with E-state index in [1.54, 1.807) is 6.07 Å². The predicted octanol–water partition coefficient (Wildman–Crippen LogP) is 4.16. The molecule has 1 aliphatic heterocycles. The van der Waals surface area contributed by atoms with Crippen molar-refractivity contribution < 1.29 is 19.0 Å². The maximum Gasteiger partial charge on any atom is 0.271 e. The van der Waals surface area contributed by atoms with Crippen molar-refractivity contribution in [1.29, 1.82) is 0 Å². The first-order chi connectivity index (χ1) is 15.9. The number of likely N-dealkylation sites (tertiary alicyclic amines) is 1. The minimum atomic E-state index is -0.515. The summed E-state index contributed by atoms with van der Waals surface area (Å²) in [5, 5.41) is 18.4. The fraction of sp³-hybridized carbons (Fsp3) is 0.318. The van der Waals surface area contributed by atoms with Gasteiger partial charge in [0.05, 0.1) is 35.2 Å². The first-order valence-corrected chi connectivity index (χ1v) is 10.8. The first-order valence-electron chi connectivity index (χ1n) is 10.4. The smallest absolute Gasteiger partial charge is 0.271 e. The summed E-state index contributed by atoms with van der Waals surface area (Å²) in [5.74, 6) is 0.694. The molecule has 33 heavy (non-hydrogen) atoms. The number of nitrogens with one attached hydrogen (secondary N) is 1. The number of carbonyl (C=O) groups excluding carboxylic acids is 1. The van der Waals surface area contributed by atoms with E-state index >= 15 is 0 Å². The van der Waals surface area contributed by atoms with Gasteiger partial charge in [-0.2, -0.15) is 4.98 Å². The first kappa shape index (κ1) is 22.7. The molecule has 4 rings (SSSR count). The highest BCUT2D eigenvalue weighted by Crippen LogP contribution is 2.30. The number of nitro benzene ring substituents is 1. The molecule has 0 bridgehead atoms. The lowest BCUT2D eigenvalue weighted by Gasteiger charge is -2.30. The summed E-state index contributed by atoms with van der Waals surface area (Å²) in [6, 6.07) is 11.4. The molecule has 1 aromatic heterocycles. The highest BCUT2D eigenvalue weighted by molar-refractivity contribution is 6.33. The van der Waals surface area contributed by atoms with Crippen LogP contribution < -0.4 is 10.1 Å². The van der Waals surface area contributed by atoms with E-state index in [0.29, 0.717) is 47.6 Å². The Morgan fingerprint density at radius 1 is 1.36 bits per heavy atom. The van der Waals surface area contributed by atoms with E-state index in [1.807, 2.05) is 18.2 Å². The van der Waals surface area contributed by atoms with Gasteiger partial charge in [-0.1, -0.05) is 28.9 Å². The molecule has 0 aliphatic carbocycles. The highest BCUT2D eigenvalue weighted by atomic mass is 35.5. The van der Waals surface area contributed by atoms with Crippen LogP contribution in [0, 0.1) is 16.0 Å². The number of halogens is 1. The van der Waals surface area contributed by atoms with Crippen molar-refractivity contribution >= 4 is 28.9 Å². The molecule has 172 valence electrons. The Kier molecular flexibility index (Phi) is 6.85. The summed E-state index contributed by atoms with van der Waals surface area (Å²) >= 11 is 6.21. The van der Waals surface area contributed by atoms with Gasteiger partial charge in [0.25, 0.3) is 5.69 Å². The lowest BCUT2D eigenvalue weighted by Crippen LogP contribution is -2.40.